The van der Waals surface area contributed by atoms with E-state index in [2.05, 4.69) is 10.6 Å². The smallest absolute Gasteiger partial charge is 0.349 e. The molecule has 3 aromatic rings. The van der Waals surface area contributed by atoms with E-state index in [-0.39, 0.29) is 11.8 Å². The number of amides is 2. The molecule has 9 heteroatoms. The van der Waals surface area contributed by atoms with Crippen molar-refractivity contribution in [1.29, 1.82) is 0 Å². The molecule has 4 rings (SSSR count). The van der Waals surface area contributed by atoms with Crippen LogP contribution in [0.5, 0.6) is 5.75 Å². The summed E-state index contributed by atoms with van der Waals surface area (Å²) < 4.78 is 15.8. The summed E-state index contributed by atoms with van der Waals surface area (Å²) >= 11 is 1.07. The molecule has 0 aliphatic carbocycles. The Morgan fingerprint density at radius 2 is 2.03 bits per heavy atom. The molecule has 0 radical (unpaired) electrons. The van der Waals surface area contributed by atoms with Gasteiger partial charge in [-0.1, -0.05) is 18.2 Å². The number of carbonyl (C=O) groups is 3. The fourth-order valence-electron chi connectivity index (χ4n) is 3.25. The van der Waals surface area contributed by atoms with Crippen LogP contribution < -0.4 is 15.4 Å². The predicted molar refractivity (Wildman–Crippen MR) is 113 cm³/mol. The maximum Gasteiger partial charge on any atom is 0.349 e. The Hall–Kier alpha value is -3.59. The average Bonchev–Trinajstić information content (AvgIpc) is 3.42. The van der Waals surface area contributed by atoms with E-state index in [1.165, 1.54) is 6.26 Å². The largest absolute Gasteiger partial charge is 0.493 e. The molecular formula is C22H20N2O6S. The third-order valence-electron chi connectivity index (χ3n) is 4.71. The van der Waals surface area contributed by atoms with E-state index in [4.69, 9.17) is 13.9 Å². The van der Waals surface area contributed by atoms with Gasteiger partial charge in [0.1, 0.15) is 10.6 Å². The van der Waals surface area contributed by atoms with Crippen molar-refractivity contribution in [2.75, 3.05) is 18.5 Å². The van der Waals surface area contributed by atoms with E-state index in [9.17, 15) is 14.4 Å². The molecule has 0 saturated carbocycles. The summed E-state index contributed by atoms with van der Waals surface area (Å²) in [6.45, 7) is 1.83. The molecule has 2 N–H and O–H groups in total. The van der Waals surface area contributed by atoms with Gasteiger partial charge in [0.25, 0.3) is 11.8 Å². The lowest BCUT2D eigenvalue weighted by Crippen LogP contribution is -2.35. The summed E-state index contributed by atoms with van der Waals surface area (Å²) in [5, 5.41) is 6.04. The van der Waals surface area contributed by atoms with Crippen LogP contribution in [0.1, 0.15) is 43.8 Å². The fraction of sp³-hybridized carbons (Fsp3) is 0.227. The van der Waals surface area contributed by atoms with Crippen LogP contribution in [0.15, 0.2) is 53.1 Å². The standard InChI is InChI=1S/C22H20N2O6S/c1-13-11-19(24-21(26)17-7-4-9-28-17)31-20(13)22(27)30-12-18(25)23-15-8-10-29-16-6-3-2-5-14(15)16/h2-7,9,11,15H,8,10,12H2,1H3,(H,23,25)(H,24,26). The van der Waals surface area contributed by atoms with E-state index < -0.39 is 24.4 Å². The number of ether oxygens (including phenoxy) is 2. The molecule has 1 unspecified atom stereocenters. The van der Waals surface area contributed by atoms with Gasteiger partial charge < -0.3 is 24.5 Å². The minimum Gasteiger partial charge on any atom is -0.493 e. The number of esters is 1. The van der Waals surface area contributed by atoms with Gasteiger partial charge >= 0.3 is 5.97 Å². The van der Waals surface area contributed by atoms with E-state index in [1.54, 1.807) is 25.1 Å². The van der Waals surface area contributed by atoms with Crippen LogP contribution in [0.25, 0.3) is 0 Å². The Balaban J connectivity index is 1.32. The van der Waals surface area contributed by atoms with Crippen LogP contribution in [0.4, 0.5) is 5.00 Å². The maximum atomic E-state index is 12.4. The van der Waals surface area contributed by atoms with Gasteiger partial charge in [0.2, 0.25) is 0 Å². The molecule has 0 bridgehead atoms. The topological polar surface area (TPSA) is 107 Å². The van der Waals surface area contributed by atoms with Crippen LogP contribution in [-0.4, -0.2) is 31.0 Å². The Morgan fingerprint density at radius 1 is 1.19 bits per heavy atom. The molecule has 160 valence electrons. The first-order chi connectivity index (χ1) is 15.0. The molecule has 0 spiro atoms. The van der Waals surface area contributed by atoms with Crippen molar-refractivity contribution >= 4 is 34.1 Å². The highest BCUT2D eigenvalue weighted by atomic mass is 32.1. The molecule has 1 aliphatic heterocycles. The first kappa shape index (κ1) is 20.7. The number of furan rings is 1. The molecule has 0 saturated heterocycles. The van der Waals surface area contributed by atoms with Crippen molar-refractivity contribution in [3.8, 4) is 5.75 Å². The Kier molecular flexibility index (Phi) is 6.03. The number of nitrogens with one attached hydrogen (secondary N) is 2. The molecule has 8 nitrogen and oxygen atoms in total. The lowest BCUT2D eigenvalue weighted by molar-refractivity contribution is -0.125. The van der Waals surface area contributed by atoms with Crippen LogP contribution in [0, 0.1) is 6.92 Å². The quantitative estimate of drug-likeness (QED) is 0.566. The second-order valence-electron chi connectivity index (χ2n) is 6.93. The molecule has 2 aromatic heterocycles. The molecule has 1 aromatic carbocycles. The van der Waals surface area contributed by atoms with Crippen LogP contribution in [0.3, 0.4) is 0 Å². The van der Waals surface area contributed by atoms with Crippen LogP contribution in [-0.2, 0) is 9.53 Å². The Labute approximate surface area is 182 Å². The summed E-state index contributed by atoms with van der Waals surface area (Å²) in [5.41, 5.74) is 1.54. The predicted octanol–water partition coefficient (Wildman–Crippen LogP) is 3.70. The van der Waals surface area contributed by atoms with Crippen molar-refractivity contribution < 1.29 is 28.3 Å². The van der Waals surface area contributed by atoms with Crippen molar-refractivity contribution in [3.63, 3.8) is 0 Å². The number of benzene rings is 1. The highest BCUT2D eigenvalue weighted by Gasteiger charge is 2.24. The van der Waals surface area contributed by atoms with Gasteiger partial charge in [0, 0.05) is 12.0 Å². The average molecular weight is 440 g/mol. The van der Waals surface area contributed by atoms with E-state index in [0.717, 1.165) is 22.6 Å². The normalized spacial score (nSPS) is 14.8. The number of hydrogen-bond donors (Lipinski definition) is 2. The highest BCUT2D eigenvalue weighted by Crippen LogP contribution is 2.31. The monoisotopic (exact) mass is 440 g/mol. The summed E-state index contributed by atoms with van der Waals surface area (Å²) in [5.74, 6) is -0.516. The van der Waals surface area contributed by atoms with Gasteiger partial charge in [-0.15, -0.1) is 11.3 Å². The zero-order valence-electron chi connectivity index (χ0n) is 16.7. The van der Waals surface area contributed by atoms with Crippen molar-refractivity contribution in [1.82, 2.24) is 5.32 Å². The number of anilines is 1. The van der Waals surface area contributed by atoms with Crippen LogP contribution >= 0.6 is 11.3 Å². The van der Waals surface area contributed by atoms with Crippen molar-refractivity contribution in [3.05, 3.63) is 70.5 Å². The van der Waals surface area contributed by atoms with Gasteiger partial charge in [-0.05, 0) is 36.8 Å². The SMILES string of the molecule is Cc1cc(NC(=O)c2ccco2)sc1C(=O)OCC(=O)NC1CCOc2ccccc21. The van der Waals surface area contributed by atoms with Gasteiger partial charge in [0.05, 0.1) is 23.9 Å². The minimum atomic E-state index is -0.622. The summed E-state index contributed by atoms with van der Waals surface area (Å²) in [4.78, 5) is 37.2. The van der Waals surface area contributed by atoms with E-state index in [1.807, 2.05) is 24.3 Å². The number of para-hydroxylation sites is 1. The Morgan fingerprint density at radius 3 is 2.84 bits per heavy atom. The number of fused-ring (bicyclic) bond motifs is 1. The lowest BCUT2D eigenvalue weighted by atomic mass is 10.0. The molecule has 2 amide bonds. The Bertz CT molecular complexity index is 1110. The number of aryl methyl sites for hydroxylation is 1. The minimum absolute atomic E-state index is 0.168. The second-order valence-corrected chi connectivity index (χ2v) is 7.98. The fourth-order valence-corrected chi connectivity index (χ4v) is 4.21. The van der Waals surface area contributed by atoms with Gasteiger partial charge in [0.15, 0.2) is 12.4 Å². The molecule has 3 heterocycles. The van der Waals surface area contributed by atoms with E-state index >= 15 is 0 Å². The van der Waals surface area contributed by atoms with Gasteiger partial charge in [-0.2, -0.15) is 0 Å². The number of hydrogen-bond acceptors (Lipinski definition) is 7. The second kappa shape index (κ2) is 9.05. The number of rotatable bonds is 6. The molecule has 1 atom stereocenters. The lowest BCUT2D eigenvalue weighted by Gasteiger charge is -2.26. The summed E-state index contributed by atoms with van der Waals surface area (Å²) in [7, 11) is 0. The molecule has 0 fully saturated rings. The number of carbonyl (C=O) groups excluding carboxylic acids is 3. The summed E-state index contributed by atoms with van der Waals surface area (Å²) in [6.07, 6.45) is 2.04. The number of thiophene rings is 1. The van der Waals surface area contributed by atoms with Gasteiger partial charge in [-0.3, -0.25) is 9.59 Å². The van der Waals surface area contributed by atoms with Crippen molar-refractivity contribution in [2.24, 2.45) is 0 Å². The van der Waals surface area contributed by atoms with E-state index in [0.29, 0.717) is 28.5 Å². The first-order valence-corrected chi connectivity index (χ1v) is 10.5. The third-order valence-corrected chi connectivity index (χ3v) is 5.85. The maximum absolute atomic E-state index is 12.4. The first-order valence-electron chi connectivity index (χ1n) is 9.65. The van der Waals surface area contributed by atoms with Gasteiger partial charge in [-0.25, -0.2) is 4.79 Å². The van der Waals surface area contributed by atoms with Crippen molar-refractivity contribution in [2.45, 2.75) is 19.4 Å². The molecule has 1 aliphatic rings. The summed E-state index contributed by atoms with van der Waals surface area (Å²) in [6, 6.07) is 12.1. The highest BCUT2D eigenvalue weighted by molar-refractivity contribution is 7.18. The molecule has 31 heavy (non-hydrogen) atoms. The third kappa shape index (κ3) is 4.77. The van der Waals surface area contributed by atoms with Crippen LogP contribution in [0.2, 0.25) is 0 Å². The molecular weight excluding hydrogens is 420 g/mol. The zero-order chi connectivity index (χ0) is 21.8. The zero-order valence-corrected chi connectivity index (χ0v) is 17.5.